The largest absolute Gasteiger partial charge is 0.370 e. The van der Waals surface area contributed by atoms with Crippen LogP contribution in [0.1, 0.15) is 85.0 Å². The monoisotopic (exact) mass is 552 g/mol. The molecule has 13 heteroatoms. The second-order valence-electron chi connectivity index (χ2n) is 9.80. The Morgan fingerprint density at radius 3 is 2.31 bits per heavy atom. The number of aliphatic imine (C=N–C) groups is 1. The average Bonchev–Trinajstić information content (AvgIpc) is 3.37. The highest BCUT2D eigenvalue weighted by atomic mass is 16.2. The molecule has 8 N–H and O–H groups in total. The molecule has 0 spiro atoms. The number of nitrogens with zero attached hydrogens (tertiary/aromatic N) is 2. The molecule has 1 heterocycles. The molecular weight excluding hydrogens is 504 g/mol. The van der Waals surface area contributed by atoms with Gasteiger partial charge in [-0.25, -0.2) is 0 Å². The topological polar surface area (TPSA) is 201 Å². The molecule has 1 aliphatic rings. The van der Waals surface area contributed by atoms with Crippen molar-refractivity contribution >= 4 is 35.5 Å². The molecule has 222 valence electrons. The lowest BCUT2D eigenvalue weighted by atomic mass is 10.0. The Morgan fingerprint density at radius 1 is 0.949 bits per heavy atom. The van der Waals surface area contributed by atoms with Gasteiger partial charge in [-0.15, -0.1) is 0 Å². The van der Waals surface area contributed by atoms with Gasteiger partial charge in [-0.1, -0.05) is 13.3 Å². The smallest absolute Gasteiger partial charge is 0.245 e. The molecule has 0 saturated carbocycles. The summed E-state index contributed by atoms with van der Waals surface area (Å²) >= 11 is 0. The molecule has 39 heavy (non-hydrogen) atoms. The van der Waals surface area contributed by atoms with Crippen LogP contribution in [0.3, 0.4) is 0 Å². The van der Waals surface area contributed by atoms with E-state index in [2.05, 4.69) is 26.3 Å². The van der Waals surface area contributed by atoms with Crippen LogP contribution in [0.2, 0.25) is 0 Å². The first-order chi connectivity index (χ1) is 18.6. The molecule has 0 unspecified atom stereocenters. The van der Waals surface area contributed by atoms with E-state index in [1.807, 2.05) is 13.8 Å². The Morgan fingerprint density at radius 2 is 1.67 bits per heavy atom. The summed E-state index contributed by atoms with van der Waals surface area (Å²) in [5.74, 6) is -1.45. The van der Waals surface area contributed by atoms with Gasteiger partial charge in [0, 0.05) is 39.5 Å². The zero-order valence-corrected chi connectivity index (χ0v) is 23.7. The van der Waals surface area contributed by atoms with E-state index in [0.717, 1.165) is 6.42 Å². The molecule has 0 aliphatic carbocycles. The number of amides is 5. The van der Waals surface area contributed by atoms with Gasteiger partial charge in [-0.3, -0.25) is 29.0 Å². The first kappa shape index (κ1) is 33.6. The molecule has 1 saturated heterocycles. The number of rotatable bonds is 18. The maximum absolute atomic E-state index is 13.6. The third kappa shape index (κ3) is 13.3. The van der Waals surface area contributed by atoms with E-state index >= 15 is 0 Å². The Balaban J connectivity index is 3.01. The maximum Gasteiger partial charge on any atom is 0.245 e. The van der Waals surface area contributed by atoms with Crippen LogP contribution in [0.15, 0.2) is 4.99 Å². The zero-order valence-electron chi connectivity index (χ0n) is 23.7. The average molecular weight is 553 g/mol. The lowest BCUT2D eigenvalue weighted by Gasteiger charge is -2.30. The predicted molar refractivity (Wildman–Crippen MR) is 149 cm³/mol. The van der Waals surface area contributed by atoms with Gasteiger partial charge in [0.15, 0.2) is 5.96 Å². The number of carbonyl (C=O) groups excluding carboxylic acids is 5. The van der Waals surface area contributed by atoms with E-state index in [9.17, 15) is 24.0 Å². The van der Waals surface area contributed by atoms with Crippen molar-refractivity contribution in [2.75, 3.05) is 26.2 Å². The van der Waals surface area contributed by atoms with Crippen molar-refractivity contribution in [1.82, 2.24) is 26.2 Å². The van der Waals surface area contributed by atoms with Crippen LogP contribution in [-0.2, 0) is 24.0 Å². The molecule has 13 nitrogen and oxygen atoms in total. The normalized spacial score (nSPS) is 16.1. The fourth-order valence-electron chi connectivity index (χ4n) is 4.44. The van der Waals surface area contributed by atoms with Crippen molar-refractivity contribution in [3.63, 3.8) is 0 Å². The molecule has 0 radical (unpaired) electrons. The number of hydrogen-bond donors (Lipinski definition) is 6. The molecule has 0 aromatic rings. The molecule has 5 amide bonds. The quantitative estimate of drug-likeness (QED) is 0.0756. The minimum Gasteiger partial charge on any atom is -0.370 e. The molecular formula is C26H48N8O5. The fraction of sp³-hybridized carbons (Fsp3) is 0.769. The summed E-state index contributed by atoms with van der Waals surface area (Å²) in [4.78, 5) is 68.6. The summed E-state index contributed by atoms with van der Waals surface area (Å²) in [6.45, 7) is 6.85. The highest BCUT2D eigenvalue weighted by Gasteiger charge is 2.38. The van der Waals surface area contributed by atoms with Crippen molar-refractivity contribution in [3.05, 3.63) is 0 Å². The first-order valence-electron chi connectivity index (χ1n) is 14.1. The van der Waals surface area contributed by atoms with Gasteiger partial charge in [0.1, 0.15) is 18.1 Å². The molecule has 0 aromatic heterocycles. The third-order valence-electron chi connectivity index (χ3n) is 6.45. The van der Waals surface area contributed by atoms with Crippen LogP contribution >= 0.6 is 0 Å². The lowest BCUT2D eigenvalue weighted by Crippen LogP contribution is -2.56. The number of likely N-dealkylation sites (tertiary alicyclic amines) is 1. The first-order valence-corrected chi connectivity index (χ1v) is 14.1. The van der Waals surface area contributed by atoms with Gasteiger partial charge >= 0.3 is 0 Å². The van der Waals surface area contributed by atoms with Gasteiger partial charge < -0.3 is 37.6 Å². The number of unbranched alkanes of at least 4 members (excludes halogenated alkanes) is 2. The Bertz CT molecular complexity index is 846. The van der Waals surface area contributed by atoms with Crippen molar-refractivity contribution < 1.29 is 24.0 Å². The van der Waals surface area contributed by atoms with Crippen LogP contribution in [0, 0.1) is 0 Å². The van der Waals surface area contributed by atoms with Gasteiger partial charge in [-0.05, 0) is 58.3 Å². The minimum atomic E-state index is -0.906. The maximum atomic E-state index is 13.6. The van der Waals surface area contributed by atoms with Crippen molar-refractivity contribution in [1.29, 1.82) is 0 Å². The van der Waals surface area contributed by atoms with Gasteiger partial charge in [-0.2, -0.15) is 0 Å². The summed E-state index contributed by atoms with van der Waals surface area (Å²) in [5.41, 5.74) is 10.8. The minimum absolute atomic E-state index is 0.0631. The van der Waals surface area contributed by atoms with E-state index < -0.39 is 24.0 Å². The lowest BCUT2D eigenvalue weighted by molar-refractivity contribution is -0.142. The molecule has 0 bridgehead atoms. The highest BCUT2D eigenvalue weighted by Crippen LogP contribution is 2.20. The fourth-order valence-corrected chi connectivity index (χ4v) is 4.44. The van der Waals surface area contributed by atoms with Crippen molar-refractivity contribution in [2.24, 2.45) is 16.5 Å². The van der Waals surface area contributed by atoms with Crippen LogP contribution < -0.4 is 32.7 Å². The van der Waals surface area contributed by atoms with E-state index in [0.29, 0.717) is 71.0 Å². The molecule has 0 aromatic carbocycles. The van der Waals surface area contributed by atoms with Gasteiger partial charge in [0.2, 0.25) is 29.5 Å². The number of nitrogens with two attached hydrogens (primary N) is 2. The van der Waals surface area contributed by atoms with Crippen LogP contribution in [-0.4, -0.2) is 84.7 Å². The van der Waals surface area contributed by atoms with Crippen molar-refractivity contribution in [2.45, 2.75) is 103 Å². The number of likely N-dealkylation sites (N-methyl/N-ethyl adjacent to an activating group) is 1. The van der Waals surface area contributed by atoms with E-state index in [4.69, 9.17) is 11.5 Å². The third-order valence-corrected chi connectivity index (χ3v) is 6.45. The summed E-state index contributed by atoms with van der Waals surface area (Å²) in [5, 5.41) is 11.1. The Hall–Kier alpha value is -3.38. The van der Waals surface area contributed by atoms with E-state index in [1.54, 1.807) is 0 Å². The number of carbonyl (C=O) groups is 5. The standard InChI is InChI=1S/C26H48N8O5/c1-4-6-14-22(36)32-19(11-7-8-15-30-18(3)35)23(37)33-20(12-9-16-31-26(27)28)25(39)34-17-10-13-21(34)24(38)29-5-2/h19-21H,4-17H2,1-3H3,(H,29,38)(H,30,35)(H,32,36)(H,33,37)(H4,27,28,31)/t19-,20-,21-/m0/s1. The second-order valence-corrected chi connectivity index (χ2v) is 9.80. The van der Waals surface area contributed by atoms with Gasteiger partial charge in [0.25, 0.3) is 0 Å². The second kappa shape index (κ2) is 18.8. The number of nitrogens with one attached hydrogen (secondary N) is 4. The summed E-state index contributed by atoms with van der Waals surface area (Å²) in [7, 11) is 0. The highest BCUT2D eigenvalue weighted by molar-refractivity contribution is 5.94. The van der Waals surface area contributed by atoms with Crippen LogP contribution in [0.5, 0.6) is 0 Å². The molecule has 1 fully saturated rings. The zero-order chi connectivity index (χ0) is 29.2. The number of guanidine groups is 1. The summed E-state index contributed by atoms with van der Waals surface area (Å²) < 4.78 is 0. The molecule has 1 rings (SSSR count). The molecule has 3 atom stereocenters. The van der Waals surface area contributed by atoms with Gasteiger partial charge in [0.05, 0.1) is 0 Å². The Kier molecular flexibility index (Phi) is 16.2. The predicted octanol–water partition coefficient (Wildman–Crippen LogP) is -0.367. The van der Waals surface area contributed by atoms with Crippen LogP contribution in [0.25, 0.3) is 0 Å². The Labute approximate surface area is 231 Å². The SMILES string of the molecule is CCCCC(=O)N[C@@H](CCCCNC(C)=O)C(=O)N[C@@H](CCCN=C(N)N)C(=O)N1CCC[C@H]1C(=O)NCC. The molecule has 1 aliphatic heterocycles. The van der Waals surface area contributed by atoms with E-state index in [-0.39, 0.29) is 42.6 Å². The van der Waals surface area contributed by atoms with E-state index in [1.165, 1.54) is 11.8 Å². The number of hydrogen-bond acceptors (Lipinski definition) is 6. The van der Waals surface area contributed by atoms with Crippen LogP contribution in [0.4, 0.5) is 0 Å². The summed E-state index contributed by atoms with van der Waals surface area (Å²) in [6.07, 6.45) is 5.35. The van der Waals surface area contributed by atoms with Crippen molar-refractivity contribution in [3.8, 4) is 0 Å². The summed E-state index contributed by atoms with van der Waals surface area (Å²) in [6, 6.07) is -2.33.